The van der Waals surface area contributed by atoms with Crippen molar-refractivity contribution in [2.75, 3.05) is 12.3 Å². The highest BCUT2D eigenvalue weighted by Crippen LogP contribution is 2.32. The monoisotopic (exact) mass is 306 g/mol. The molecule has 0 radical (unpaired) electrons. The van der Waals surface area contributed by atoms with E-state index < -0.39 is 0 Å². The first-order chi connectivity index (χ1) is 10.2. The van der Waals surface area contributed by atoms with Gasteiger partial charge in [0.15, 0.2) is 5.82 Å². The minimum absolute atomic E-state index is 0.322. The predicted molar refractivity (Wildman–Crippen MR) is 83.3 cm³/mol. The van der Waals surface area contributed by atoms with Crippen molar-refractivity contribution in [1.29, 1.82) is 0 Å². The first-order valence-electron chi connectivity index (χ1n) is 7.35. The molecular weight excluding hydrogens is 288 g/mol. The molecule has 2 N–H and O–H groups in total. The van der Waals surface area contributed by atoms with E-state index in [-0.39, 0.29) is 0 Å². The molecule has 0 amide bonds. The number of halogens is 1. The van der Waals surface area contributed by atoms with Crippen LogP contribution in [0.4, 0.5) is 5.82 Å². The largest absolute Gasteiger partial charge is 0.380 e. The second kappa shape index (κ2) is 6.50. The number of anilines is 1. The normalized spacial score (nSPS) is 18.8. The number of hydrogen-bond acceptors (Lipinski definition) is 4. The van der Waals surface area contributed by atoms with Gasteiger partial charge in [0.05, 0.1) is 11.7 Å². The fourth-order valence-electron chi connectivity index (χ4n) is 2.76. The lowest BCUT2D eigenvalue weighted by atomic mass is 10.00. The van der Waals surface area contributed by atoms with E-state index in [4.69, 9.17) is 26.6 Å². The topological polar surface area (TPSA) is 61.3 Å². The highest BCUT2D eigenvalue weighted by molar-refractivity contribution is 6.30. The summed E-state index contributed by atoms with van der Waals surface area (Å²) in [7, 11) is 0. The second-order valence-electron chi connectivity index (χ2n) is 5.40. The SMILES string of the molecule is Nc1noc(CCC2CCCCO2)c1-c1ccc(Cl)cc1. The van der Waals surface area contributed by atoms with Gasteiger partial charge < -0.3 is 15.0 Å². The van der Waals surface area contributed by atoms with Gasteiger partial charge in [-0.05, 0) is 43.4 Å². The number of nitrogens with zero attached hydrogens (tertiary/aromatic N) is 1. The zero-order valence-electron chi connectivity index (χ0n) is 11.8. The van der Waals surface area contributed by atoms with Crippen molar-refractivity contribution < 1.29 is 9.26 Å². The molecule has 5 heteroatoms. The van der Waals surface area contributed by atoms with Crippen molar-refractivity contribution in [2.45, 2.75) is 38.2 Å². The van der Waals surface area contributed by atoms with Crippen LogP contribution >= 0.6 is 11.6 Å². The summed E-state index contributed by atoms with van der Waals surface area (Å²) in [6.07, 6.45) is 5.58. The van der Waals surface area contributed by atoms with Crippen molar-refractivity contribution >= 4 is 17.4 Å². The Morgan fingerprint density at radius 3 is 2.76 bits per heavy atom. The molecule has 1 atom stereocenters. The van der Waals surface area contributed by atoms with Crippen LogP contribution in [0.15, 0.2) is 28.8 Å². The van der Waals surface area contributed by atoms with Crippen LogP contribution in [0.3, 0.4) is 0 Å². The highest BCUT2D eigenvalue weighted by atomic mass is 35.5. The van der Waals surface area contributed by atoms with E-state index in [0.717, 1.165) is 42.8 Å². The molecule has 0 saturated carbocycles. The third kappa shape index (κ3) is 3.39. The fraction of sp³-hybridized carbons (Fsp3) is 0.438. The van der Waals surface area contributed by atoms with Gasteiger partial charge in [-0.25, -0.2) is 0 Å². The summed E-state index contributed by atoms with van der Waals surface area (Å²) < 4.78 is 11.2. The van der Waals surface area contributed by atoms with Crippen LogP contribution in [0.2, 0.25) is 5.02 Å². The molecule has 1 aliphatic heterocycles. The molecule has 1 aliphatic rings. The van der Waals surface area contributed by atoms with E-state index in [0.29, 0.717) is 16.9 Å². The first kappa shape index (κ1) is 14.4. The maximum atomic E-state index is 5.95. The quantitative estimate of drug-likeness (QED) is 0.924. The number of aromatic nitrogens is 1. The summed E-state index contributed by atoms with van der Waals surface area (Å²) in [5, 5.41) is 4.61. The van der Waals surface area contributed by atoms with Gasteiger partial charge in [0.1, 0.15) is 5.76 Å². The number of nitrogen functional groups attached to an aromatic ring is 1. The molecule has 2 heterocycles. The Bertz CT molecular complexity index is 589. The third-order valence-corrected chi connectivity index (χ3v) is 4.14. The van der Waals surface area contributed by atoms with Gasteiger partial charge in [-0.1, -0.05) is 28.9 Å². The number of benzene rings is 1. The Labute approximate surface area is 129 Å². The van der Waals surface area contributed by atoms with E-state index in [2.05, 4.69) is 5.16 Å². The van der Waals surface area contributed by atoms with Crippen LogP contribution in [0.25, 0.3) is 11.1 Å². The van der Waals surface area contributed by atoms with Gasteiger partial charge >= 0.3 is 0 Å². The van der Waals surface area contributed by atoms with Crippen LogP contribution in [0.1, 0.15) is 31.4 Å². The van der Waals surface area contributed by atoms with Gasteiger partial charge in [-0.2, -0.15) is 0 Å². The number of hydrogen-bond donors (Lipinski definition) is 1. The van der Waals surface area contributed by atoms with Crippen LogP contribution in [0, 0.1) is 0 Å². The number of nitrogens with two attached hydrogens (primary N) is 1. The number of rotatable bonds is 4. The molecule has 3 rings (SSSR count). The highest BCUT2D eigenvalue weighted by Gasteiger charge is 2.19. The summed E-state index contributed by atoms with van der Waals surface area (Å²) >= 11 is 5.93. The van der Waals surface area contributed by atoms with E-state index in [1.165, 1.54) is 12.8 Å². The van der Waals surface area contributed by atoms with Gasteiger partial charge in [-0.3, -0.25) is 0 Å². The van der Waals surface area contributed by atoms with Gasteiger partial charge in [0.25, 0.3) is 0 Å². The zero-order valence-corrected chi connectivity index (χ0v) is 12.6. The summed E-state index contributed by atoms with van der Waals surface area (Å²) in [6, 6.07) is 7.56. The van der Waals surface area contributed by atoms with Crippen LogP contribution in [-0.4, -0.2) is 17.9 Å². The minimum Gasteiger partial charge on any atom is -0.380 e. The van der Waals surface area contributed by atoms with E-state index in [1.807, 2.05) is 24.3 Å². The fourth-order valence-corrected chi connectivity index (χ4v) is 2.89. The number of aryl methyl sites for hydroxylation is 1. The number of ether oxygens (including phenoxy) is 1. The van der Waals surface area contributed by atoms with Crippen LogP contribution in [0.5, 0.6) is 0 Å². The molecule has 1 fully saturated rings. The minimum atomic E-state index is 0.322. The molecule has 1 aromatic heterocycles. The smallest absolute Gasteiger partial charge is 0.175 e. The van der Waals surface area contributed by atoms with Gasteiger partial charge in [0.2, 0.25) is 0 Å². The lowest BCUT2D eigenvalue weighted by Gasteiger charge is -2.22. The maximum Gasteiger partial charge on any atom is 0.175 e. The molecule has 1 aromatic carbocycles. The Morgan fingerprint density at radius 1 is 1.24 bits per heavy atom. The Balaban J connectivity index is 1.75. The van der Waals surface area contributed by atoms with Crippen molar-refractivity contribution in [1.82, 2.24) is 5.16 Å². The summed E-state index contributed by atoms with van der Waals surface area (Å²) in [5.74, 6) is 1.25. The molecule has 2 aromatic rings. The van der Waals surface area contributed by atoms with Crippen molar-refractivity contribution in [3.63, 3.8) is 0 Å². The third-order valence-electron chi connectivity index (χ3n) is 3.89. The Morgan fingerprint density at radius 2 is 2.05 bits per heavy atom. The van der Waals surface area contributed by atoms with Gasteiger partial charge in [0, 0.05) is 18.1 Å². The molecule has 4 nitrogen and oxygen atoms in total. The molecule has 112 valence electrons. The van der Waals surface area contributed by atoms with Crippen LogP contribution < -0.4 is 5.73 Å². The average molecular weight is 307 g/mol. The molecule has 0 bridgehead atoms. The molecule has 21 heavy (non-hydrogen) atoms. The standard InChI is InChI=1S/C16H19ClN2O2/c17-12-6-4-11(5-7-12)15-14(21-19-16(15)18)9-8-13-3-1-2-10-20-13/h4-7,13H,1-3,8-10H2,(H2,18,19). The van der Waals surface area contributed by atoms with Crippen LogP contribution in [-0.2, 0) is 11.2 Å². The Hall–Kier alpha value is -1.52. The van der Waals surface area contributed by atoms with Crippen molar-refractivity contribution in [3.05, 3.63) is 35.0 Å². The molecule has 1 unspecified atom stereocenters. The summed E-state index contributed by atoms with van der Waals surface area (Å²) in [5.41, 5.74) is 7.81. The van der Waals surface area contributed by atoms with Crippen molar-refractivity contribution in [2.24, 2.45) is 0 Å². The predicted octanol–water partition coefficient (Wildman–Crippen LogP) is 4.08. The molecule has 0 aliphatic carbocycles. The second-order valence-corrected chi connectivity index (χ2v) is 5.84. The average Bonchev–Trinajstić information content (AvgIpc) is 2.88. The molecule has 0 spiro atoms. The molecule has 1 saturated heterocycles. The Kier molecular flexibility index (Phi) is 4.46. The zero-order chi connectivity index (χ0) is 14.7. The lowest BCUT2D eigenvalue weighted by molar-refractivity contribution is 0.0106. The first-order valence-corrected chi connectivity index (χ1v) is 7.73. The van der Waals surface area contributed by atoms with E-state index in [9.17, 15) is 0 Å². The van der Waals surface area contributed by atoms with E-state index >= 15 is 0 Å². The van der Waals surface area contributed by atoms with E-state index in [1.54, 1.807) is 0 Å². The summed E-state index contributed by atoms with van der Waals surface area (Å²) in [4.78, 5) is 0. The lowest BCUT2D eigenvalue weighted by Crippen LogP contribution is -2.19. The van der Waals surface area contributed by atoms with Crippen molar-refractivity contribution in [3.8, 4) is 11.1 Å². The van der Waals surface area contributed by atoms with Gasteiger partial charge in [-0.15, -0.1) is 0 Å². The maximum absolute atomic E-state index is 5.95. The molecular formula is C16H19ClN2O2. The summed E-state index contributed by atoms with van der Waals surface area (Å²) in [6.45, 7) is 0.868.